The van der Waals surface area contributed by atoms with E-state index >= 15 is 0 Å². The minimum atomic E-state index is -3.36. The van der Waals surface area contributed by atoms with E-state index in [0.29, 0.717) is 0 Å². The summed E-state index contributed by atoms with van der Waals surface area (Å²) < 4.78 is 26.2. The molecule has 0 radical (unpaired) electrons. The van der Waals surface area contributed by atoms with Gasteiger partial charge in [-0.3, -0.25) is 4.79 Å². The Hall–Kier alpha value is -0.620. The van der Waals surface area contributed by atoms with E-state index in [9.17, 15) is 13.2 Å². The van der Waals surface area contributed by atoms with Gasteiger partial charge in [-0.25, -0.2) is 12.7 Å². The third kappa shape index (κ3) is 3.34. The molecule has 1 unspecified atom stereocenters. The highest BCUT2D eigenvalue weighted by Crippen LogP contribution is 2.51. The van der Waals surface area contributed by atoms with Crippen LogP contribution in [0.5, 0.6) is 0 Å². The van der Waals surface area contributed by atoms with E-state index in [4.69, 9.17) is 5.11 Å². The van der Waals surface area contributed by atoms with Crippen LogP contribution in [-0.4, -0.2) is 43.1 Å². The minimum Gasteiger partial charge on any atom is -0.481 e. The Balaban J connectivity index is 2.01. The number of sulfonamides is 1. The molecule has 116 valence electrons. The molecular weight excluding hydrogens is 278 g/mol. The highest BCUT2D eigenvalue weighted by molar-refractivity contribution is 7.89. The van der Waals surface area contributed by atoms with E-state index in [1.54, 1.807) is 6.92 Å². The number of hydrogen-bond donors (Lipinski definition) is 1. The van der Waals surface area contributed by atoms with Crippen LogP contribution in [0.25, 0.3) is 0 Å². The molecule has 0 saturated heterocycles. The second kappa shape index (κ2) is 5.64. The van der Waals surface area contributed by atoms with Crippen molar-refractivity contribution in [3.8, 4) is 0 Å². The lowest BCUT2D eigenvalue weighted by Gasteiger charge is -2.46. The van der Waals surface area contributed by atoms with E-state index in [1.807, 2.05) is 0 Å². The summed E-state index contributed by atoms with van der Waals surface area (Å²) in [5.41, 5.74) is -0.0473. The Morgan fingerprint density at radius 2 is 1.80 bits per heavy atom. The molecule has 20 heavy (non-hydrogen) atoms. The normalized spacial score (nSPS) is 31.4. The van der Waals surface area contributed by atoms with Crippen molar-refractivity contribution in [1.82, 2.24) is 4.31 Å². The first kappa shape index (κ1) is 15.8. The molecule has 0 aromatic rings. The Kier molecular flexibility index (Phi) is 4.44. The van der Waals surface area contributed by atoms with Crippen molar-refractivity contribution in [2.45, 2.75) is 45.4 Å². The van der Waals surface area contributed by atoms with E-state index in [1.165, 1.54) is 11.4 Å². The van der Waals surface area contributed by atoms with E-state index in [0.717, 1.165) is 44.4 Å². The molecule has 1 atom stereocenters. The van der Waals surface area contributed by atoms with Gasteiger partial charge in [-0.2, -0.15) is 0 Å². The number of hydrogen-bond acceptors (Lipinski definition) is 3. The highest BCUT2D eigenvalue weighted by Gasteiger charge is 2.44. The molecule has 3 fully saturated rings. The Morgan fingerprint density at radius 1 is 1.30 bits per heavy atom. The van der Waals surface area contributed by atoms with Crippen LogP contribution in [0, 0.1) is 17.3 Å². The second-order valence-corrected chi connectivity index (χ2v) is 8.83. The van der Waals surface area contributed by atoms with Gasteiger partial charge in [0.05, 0.1) is 11.7 Å². The van der Waals surface area contributed by atoms with Gasteiger partial charge in [0.2, 0.25) is 10.0 Å². The lowest BCUT2D eigenvalue weighted by molar-refractivity contribution is -0.141. The largest absolute Gasteiger partial charge is 0.481 e. The van der Waals surface area contributed by atoms with Gasteiger partial charge in [-0.1, -0.05) is 6.92 Å². The molecule has 1 N–H and O–H groups in total. The zero-order chi connectivity index (χ0) is 15.0. The summed E-state index contributed by atoms with van der Waals surface area (Å²) in [7, 11) is -1.86. The quantitative estimate of drug-likeness (QED) is 0.813. The summed E-state index contributed by atoms with van der Waals surface area (Å²) in [6.45, 7) is 1.59. The van der Waals surface area contributed by atoms with Crippen molar-refractivity contribution in [2.24, 2.45) is 17.3 Å². The minimum absolute atomic E-state index is 0.0473. The molecule has 0 aromatic carbocycles. The van der Waals surface area contributed by atoms with Gasteiger partial charge in [0.25, 0.3) is 0 Å². The predicted molar refractivity (Wildman–Crippen MR) is 76.8 cm³/mol. The van der Waals surface area contributed by atoms with Gasteiger partial charge in [0.15, 0.2) is 0 Å². The Labute approximate surface area is 121 Å². The fourth-order valence-electron chi connectivity index (χ4n) is 3.63. The summed E-state index contributed by atoms with van der Waals surface area (Å²) in [4.78, 5) is 10.9. The maximum atomic E-state index is 12.5. The number of carboxylic acids is 1. The van der Waals surface area contributed by atoms with Crippen molar-refractivity contribution in [2.75, 3.05) is 19.3 Å². The van der Waals surface area contributed by atoms with Crippen LogP contribution < -0.4 is 0 Å². The Morgan fingerprint density at radius 3 is 2.25 bits per heavy atom. The number of fused-ring (bicyclic) bond motifs is 3. The monoisotopic (exact) mass is 303 g/mol. The van der Waals surface area contributed by atoms with Crippen LogP contribution in [-0.2, 0) is 14.8 Å². The SMILES string of the molecule is CC(CN(C)S(=O)(=O)CC12CCC(CC1)CC2)C(=O)O. The zero-order valence-corrected chi connectivity index (χ0v) is 13.2. The van der Waals surface area contributed by atoms with Crippen molar-refractivity contribution in [3.63, 3.8) is 0 Å². The average molecular weight is 303 g/mol. The summed E-state index contributed by atoms with van der Waals surface area (Å²) >= 11 is 0. The molecule has 0 amide bonds. The van der Waals surface area contributed by atoms with Crippen LogP contribution in [0.4, 0.5) is 0 Å². The molecule has 0 aliphatic heterocycles. The van der Waals surface area contributed by atoms with E-state index in [-0.39, 0.29) is 17.7 Å². The molecule has 6 heteroatoms. The van der Waals surface area contributed by atoms with Crippen LogP contribution in [0.1, 0.15) is 45.4 Å². The average Bonchev–Trinajstić information content (AvgIpc) is 2.39. The molecule has 0 aromatic heterocycles. The third-order valence-corrected chi connectivity index (χ3v) is 7.24. The summed E-state index contributed by atoms with van der Waals surface area (Å²) in [6.07, 6.45) is 6.51. The van der Waals surface area contributed by atoms with E-state index < -0.39 is 21.9 Å². The number of carbonyl (C=O) groups is 1. The highest BCUT2D eigenvalue weighted by atomic mass is 32.2. The molecule has 2 bridgehead atoms. The topological polar surface area (TPSA) is 74.7 Å². The summed E-state index contributed by atoms with van der Waals surface area (Å²) in [5, 5.41) is 8.90. The van der Waals surface area contributed by atoms with Crippen molar-refractivity contribution in [1.29, 1.82) is 0 Å². The van der Waals surface area contributed by atoms with Gasteiger partial charge in [-0.05, 0) is 49.9 Å². The number of aliphatic carboxylic acids is 1. The van der Waals surface area contributed by atoms with Crippen LogP contribution in [0.2, 0.25) is 0 Å². The lowest BCUT2D eigenvalue weighted by atomic mass is 9.62. The van der Waals surface area contributed by atoms with Crippen LogP contribution in [0.15, 0.2) is 0 Å². The predicted octanol–water partition coefficient (Wildman–Crippen LogP) is 1.94. The fraction of sp³-hybridized carbons (Fsp3) is 0.929. The van der Waals surface area contributed by atoms with Crippen molar-refractivity contribution in [3.05, 3.63) is 0 Å². The first-order valence-corrected chi connectivity index (χ1v) is 9.02. The third-order valence-electron chi connectivity index (χ3n) is 5.16. The first-order valence-electron chi connectivity index (χ1n) is 7.41. The molecular formula is C14H25NO4S. The molecule has 3 aliphatic carbocycles. The van der Waals surface area contributed by atoms with Gasteiger partial charge in [0, 0.05) is 13.6 Å². The van der Waals surface area contributed by atoms with Gasteiger partial charge >= 0.3 is 5.97 Å². The van der Waals surface area contributed by atoms with Gasteiger partial charge in [0.1, 0.15) is 0 Å². The number of carboxylic acid groups (broad SMARTS) is 1. The number of rotatable bonds is 6. The van der Waals surface area contributed by atoms with Crippen LogP contribution >= 0.6 is 0 Å². The fourth-order valence-corrected chi connectivity index (χ4v) is 5.51. The lowest BCUT2D eigenvalue weighted by Crippen LogP contribution is -2.44. The second-order valence-electron chi connectivity index (χ2n) is 6.76. The van der Waals surface area contributed by atoms with Crippen LogP contribution in [0.3, 0.4) is 0 Å². The standard InChI is InChI=1S/C14H25NO4S/c1-11(13(16)17)9-15(2)20(18,19)10-14-6-3-12(4-7-14)5-8-14/h11-12H,3-10H2,1-2H3,(H,16,17). The Bertz CT molecular complexity index is 452. The molecule has 3 rings (SSSR count). The molecule has 0 spiro atoms. The van der Waals surface area contributed by atoms with Crippen molar-refractivity contribution < 1.29 is 18.3 Å². The molecule has 5 nitrogen and oxygen atoms in total. The summed E-state index contributed by atoms with van der Waals surface area (Å²) in [5.74, 6) is -0.627. The zero-order valence-electron chi connectivity index (χ0n) is 12.3. The number of nitrogens with zero attached hydrogens (tertiary/aromatic N) is 1. The maximum absolute atomic E-state index is 12.5. The molecule has 0 heterocycles. The molecule has 3 aliphatic rings. The smallest absolute Gasteiger partial charge is 0.307 e. The molecule has 3 saturated carbocycles. The van der Waals surface area contributed by atoms with Gasteiger partial charge < -0.3 is 5.11 Å². The van der Waals surface area contributed by atoms with Gasteiger partial charge in [-0.15, -0.1) is 0 Å². The summed E-state index contributed by atoms with van der Waals surface area (Å²) in [6, 6.07) is 0. The maximum Gasteiger partial charge on any atom is 0.307 e. The first-order chi connectivity index (χ1) is 9.24. The van der Waals surface area contributed by atoms with E-state index in [2.05, 4.69) is 0 Å². The van der Waals surface area contributed by atoms with Crippen molar-refractivity contribution >= 4 is 16.0 Å².